The maximum Gasteiger partial charge on any atom is 0.422 e. The smallest absolute Gasteiger partial charge is 0.422 e. The summed E-state index contributed by atoms with van der Waals surface area (Å²) in [5.41, 5.74) is 0.690. The van der Waals surface area contributed by atoms with Crippen LogP contribution in [0.25, 0.3) is 5.69 Å². The highest BCUT2D eigenvalue weighted by Gasteiger charge is 2.33. The third-order valence-electron chi connectivity index (χ3n) is 4.11. The second-order valence-corrected chi connectivity index (χ2v) is 6.10. The van der Waals surface area contributed by atoms with Crippen molar-refractivity contribution in [1.29, 1.82) is 0 Å². The molecule has 1 aliphatic rings. The third-order valence-corrected chi connectivity index (χ3v) is 4.11. The number of alkyl halides is 3. The number of aromatic nitrogens is 4. The molecule has 28 heavy (non-hydrogen) atoms. The summed E-state index contributed by atoms with van der Waals surface area (Å²) >= 11 is 0. The highest BCUT2D eigenvalue weighted by molar-refractivity contribution is 5.76. The van der Waals surface area contributed by atoms with E-state index in [0.29, 0.717) is 11.4 Å². The van der Waals surface area contributed by atoms with Crippen LogP contribution in [0.3, 0.4) is 0 Å². The van der Waals surface area contributed by atoms with Crippen LogP contribution in [0.2, 0.25) is 0 Å². The quantitative estimate of drug-likeness (QED) is 0.573. The van der Waals surface area contributed by atoms with Gasteiger partial charge < -0.3 is 14.4 Å². The van der Waals surface area contributed by atoms with Crippen LogP contribution in [-0.4, -0.2) is 63.0 Å². The maximum atomic E-state index is 12.3. The Kier molecular flexibility index (Phi) is 5.76. The van der Waals surface area contributed by atoms with Crippen molar-refractivity contribution in [1.82, 2.24) is 25.1 Å². The predicted octanol–water partition coefficient (Wildman–Crippen LogP) is 1.98. The first kappa shape index (κ1) is 19.6. The van der Waals surface area contributed by atoms with E-state index in [0.717, 1.165) is 4.90 Å². The van der Waals surface area contributed by atoms with Crippen molar-refractivity contribution >= 4 is 12.1 Å². The fourth-order valence-corrected chi connectivity index (χ4v) is 2.68. The molecule has 2 aromatic rings. The van der Waals surface area contributed by atoms with E-state index in [4.69, 9.17) is 4.74 Å². The second-order valence-electron chi connectivity index (χ2n) is 6.10. The Morgan fingerprint density at radius 2 is 1.82 bits per heavy atom. The van der Waals surface area contributed by atoms with Crippen molar-refractivity contribution in [3.05, 3.63) is 30.6 Å². The van der Waals surface area contributed by atoms with Gasteiger partial charge in [-0.25, -0.2) is 9.48 Å². The molecule has 1 aromatic carbocycles. The molecule has 1 fully saturated rings. The van der Waals surface area contributed by atoms with Gasteiger partial charge in [0.15, 0.2) is 6.61 Å². The summed E-state index contributed by atoms with van der Waals surface area (Å²) in [6, 6.07) is 6.55. The van der Waals surface area contributed by atoms with Gasteiger partial charge in [0.2, 0.25) is 0 Å². The van der Waals surface area contributed by atoms with Crippen molar-refractivity contribution in [3.8, 4) is 11.4 Å². The Labute approximate surface area is 157 Å². The normalized spacial score (nSPS) is 15.3. The minimum Gasteiger partial charge on any atom is -0.440 e. The summed E-state index contributed by atoms with van der Waals surface area (Å²) in [4.78, 5) is 25.0. The molecule has 0 bridgehead atoms. The molecule has 2 heterocycles. The molecule has 0 N–H and O–H groups in total. The van der Waals surface area contributed by atoms with Crippen LogP contribution in [0.1, 0.15) is 12.8 Å². The monoisotopic (exact) mass is 399 g/mol. The number of carbonyl (C=O) groups excluding carboxylic acids is 2. The fourth-order valence-electron chi connectivity index (χ4n) is 2.68. The molecule has 12 heteroatoms. The molecule has 0 aliphatic carbocycles. The molecule has 1 saturated heterocycles. The van der Waals surface area contributed by atoms with E-state index in [1.165, 1.54) is 11.0 Å². The molecular weight excluding hydrogens is 383 g/mol. The number of tetrazole rings is 1. The number of halogens is 3. The highest BCUT2D eigenvalue weighted by Crippen LogP contribution is 2.22. The standard InChI is InChI=1S/C16H16F3N5O4/c17-16(18,19)9-27-15(26)23-7-5-11(6-8-23)14(25)28-13-3-1-12(2-4-13)24-10-20-21-22-24/h1-4,10-11H,5-9H2. The number of piperidine rings is 1. The largest absolute Gasteiger partial charge is 0.440 e. The molecule has 1 aromatic heterocycles. The Hall–Kier alpha value is -3.18. The van der Waals surface area contributed by atoms with E-state index in [1.54, 1.807) is 24.3 Å². The number of rotatable bonds is 4. The number of ether oxygens (including phenoxy) is 2. The summed E-state index contributed by atoms with van der Waals surface area (Å²) in [7, 11) is 0. The zero-order chi connectivity index (χ0) is 20.1. The lowest BCUT2D eigenvalue weighted by atomic mass is 9.97. The molecule has 0 saturated carbocycles. The first-order valence-corrected chi connectivity index (χ1v) is 8.35. The summed E-state index contributed by atoms with van der Waals surface area (Å²) in [5, 5.41) is 10.8. The van der Waals surface area contributed by atoms with E-state index >= 15 is 0 Å². The molecule has 0 spiro atoms. The van der Waals surface area contributed by atoms with Gasteiger partial charge in [-0.3, -0.25) is 4.79 Å². The summed E-state index contributed by atoms with van der Waals surface area (Å²) in [6.45, 7) is -1.39. The number of carbonyl (C=O) groups is 2. The zero-order valence-corrected chi connectivity index (χ0v) is 14.5. The Morgan fingerprint density at radius 3 is 2.39 bits per heavy atom. The van der Waals surface area contributed by atoms with Crippen molar-refractivity contribution in [3.63, 3.8) is 0 Å². The lowest BCUT2D eigenvalue weighted by Gasteiger charge is -2.30. The van der Waals surface area contributed by atoms with Crippen LogP contribution in [0.4, 0.5) is 18.0 Å². The van der Waals surface area contributed by atoms with E-state index in [1.807, 2.05) is 0 Å². The Bertz CT molecular complexity index is 803. The summed E-state index contributed by atoms with van der Waals surface area (Å²) in [5.74, 6) is -0.571. The van der Waals surface area contributed by atoms with Gasteiger partial charge in [0, 0.05) is 13.1 Å². The third kappa shape index (κ3) is 5.18. The molecule has 150 valence electrons. The molecule has 0 unspecified atom stereocenters. The second kappa shape index (κ2) is 8.23. The number of hydrogen-bond acceptors (Lipinski definition) is 7. The molecule has 1 aliphatic heterocycles. The van der Waals surface area contributed by atoms with Crippen LogP contribution in [0.5, 0.6) is 5.75 Å². The fraction of sp³-hybridized carbons (Fsp3) is 0.438. The van der Waals surface area contributed by atoms with Crippen LogP contribution in [0.15, 0.2) is 30.6 Å². The van der Waals surface area contributed by atoms with Gasteiger partial charge in [0.25, 0.3) is 0 Å². The van der Waals surface area contributed by atoms with Gasteiger partial charge in [-0.1, -0.05) is 0 Å². The van der Waals surface area contributed by atoms with Gasteiger partial charge in [-0.05, 0) is 47.5 Å². The number of esters is 1. The van der Waals surface area contributed by atoms with Gasteiger partial charge in [-0.15, -0.1) is 5.10 Å². The Morgan fingerprint density at radius 1 is 1.14 bits per heavy atom. The van der Waals surface area contributed by atoms with Gasteiger partial charge in [0.05, 0.1) is 11.6 Å². The predicted molar refractivity (Wildman–Crippen MR) is 86.5 cm³/mol. The van der Waals surface area contributed by atoms with Crippen LogP contribution in [-0.2, 0) is 9.53 Å². The number of benzene rings is 1. The minimum absolute atomic E-state index is 0.120. The minimum atomic E-state index is -4.57. The van der Waals surface area contributed by atoms with Crippen molar-refractivity contribution in [2.45, 2.75) is 19.0 Å². The number of amides is 1. The average molecular weight is 399 g/mol. The zero-order valence-electron chi connectivity index (χ0n) is 14.5. The summed E-state index contributed by atoms with van der Waals surface area (Å²) < 4.78 is 47.3. The highest BCUT2D eigenvalue weighted by atomic mass is 19.4. The molecule has 0 atom stereocenters. The van der Waals surface area contributed by atoms with Crippen LogP contribution >= 0.6 is 0 Å². The molecular formula is C16H16F3N5O4. The lowest BCUT2D eigenvalue weighted by Crippen LogP contribution is -2.42. The molecule has 9 nitrogen and oxygen atoms in total. The molecule has 0 radical (unpaired) electrons. The lowest BCUT2D eigenvalue weighted by molar-refractivity contribution is -0.162. The SMILES string of the molecule is O=C(Oc1ccc(-n2cnnn2)cc1)C1CCN(C(=O)OCC(F)(F)F)CC1. The van der Waals surface area contributed by atoms with Crippen molar-refractivity contribution < 1.29 is 32.2 Å². The van der Waals surface area contributed by atoms with Crippen LogP contribution < -0.4 is 4.74 Å². The summed E-state index contributed by atoms with van der Waals surface area (Å²) in [6.07, 6.45) is -3.63. The van der Waals surface area contributed by atoms with E-state index < -0.39 is 30.8 Å². The van der Waals surface area contributed by atoms with E-state index in [-0.39, 0.29) is 25.9 Å². The van der Waals surface area contributed by atoms with Crippen LogP contribution in [0, 0.1) is 5.92 Å². The Balaban J connectivity index is 1.47. The number of likely N-dealkylation sites (tertiary alicyclic amines) is 1. The van der Waals surface area contributed by atoms with E-state index in [9.17, 15) is 22.8 Å². The van der Waals surface area contributed by atoms with Gasteiger partial charge in [-0.2, -0.15) is 13.2 Å². The molecule has 3 rings (SSSR count). The topological polar surface area (TPSA) is 99.4 Å². The number of hydrogen-bond donors (Lipinski definition) is 0. The van der Waals surface area contributed by atoms with Gasteiger partial charge >= 0.3 is 18.2 Å². The van der Waals surface area contributed by atoms with E-state index in [2.05, 4.69) is 20.3 Å². The van der Waals surface area contributed by atoms with Crippen molar-refractivity contribution in [2.24, 2.45) is 5.92 Å². The maximum absolute atomic E-state index is 12.3. The van der Waals surface area contributed by atoms with Crippen molar-refractivity contribution in [2.75, 3.05) is 19.7 Å². The number of nitrogens with zero attached hydrogens (tertiary/aromatic N) is 5. The first-order chi connectivity index (χ1) is 13.3. The first-order valence-electron chi connectivity index (χ1n) is 8.35. The van der Waals surface area contributed by atoms with Gasteiger partial charge in [0.1, 0.15) is 12.1 Å². The average Bonchev–Trinajstić information content (AvgIpc) is 3.21. The molecule has 1 amide bonds.